The molecule has 1 aromatic rings. The molecule has 2 N–H and O–H groups in total. The van der Waals surface area contributed by atoms with Gasteiger partial charge >= 0.3 is 5.97 Å². The first-order valence-electron chi connectivity index (χ1n) is 6.74. The second-order valence-electron chi connectivity index (χ2n) is 5.06. The average molecular weight is 344 g/mol. The Morgan fingerprint density at radius 2 is 2.20 bits per heavy atom. The minimum atomic E-state index is -0.971. The quantitative estimate of drug-likeness (QED) is 0.710. The lowest BCUT2D eigenvalue weighted by atomic mass is 10.2. The molecule has 0 atom stereocenters. The van der Waals surface area contributed by atoms with Gasteiger partial charge in [-0.3, -0.25) is 0 Å². The fourth-order valence-corrected chi connectivity index (χ4v) is 2.03. The summed E-state index contributed by atoms with van der Waals surface area (Å²) >= 11 is 3.23. The fourth-order valence-electron chi connectivity index (χ4n) is 1.69. The molecular formula is C14H22BrN3O2. The van der Waals surface area contributed by atoms with Crippen molar-refractivity contribution in [3.8, 4) is 0 Å². The minimum absolute atomic E-state index is 0.193. The molecule has 1 heterocycles. The highest BCUT2D eigenvalue weighted by molar-refractivity contribution is 9.10. The molecule has 0 bridgehead atoms. The number of aromatic nitrogens is 1. The van der Waals surface area contributed by atoms with Gasteiger partial charge < -0.3 is 15.3 Å². The fraction of sp³-hybridized carbons (Fsp3) is 0.571. The molecule has 1 aromatic heterocycles. The molecule has 20 heavy (non-hydrogen) atoms. The van der Waals surface area contributed by atoms with E-state index in [0.29, 0.717) is 16.3 Å². The second-order valence-corrected chi connectivity index (χ2v) is 5.98. The van der Waals surface area contributed by atoms with Crippen LogP contribution in [0.4, 0.5) is 5.82 Å². The molecule has 0 aromatic carbocycles. The van der Waals surface area contributed by atoms with E-state index in [1.807, 2.05) is 0 Å². The standard InChI is InChI=1S/C14H22BrN3O2/c1-10(2)18(3)7-5-4-6-16-13-12(14(19)20)8-11(15)9-17-13/h8-10H,4-7H2,1-3H3,(H,16,17)(H,19,20). The molecule has 0 spiro atoms. The van der Waals surface area contributed by atoms with E-state index in [2.05, 4.69) is 52.0 Å². The van der Waals surface area contributed by atoms with Gasteiger partial charge in [0.1, 0.15) is 11.4 Å². The first kappa shape index (κ1) is 16.9. The van der Waals surface area contributed by atoms with Crippen molar-refractivity contribution in [3.05, 3.63) is 22.3 Å². The number of rotatable bonds is 8. The first-order valence-corrected chi connectivity index (χ1v) is 7.54. The highest BCUT2D eigenvalue weighted by Gasteiger charge is 2.11. The molecule has 5 nitrogen and oxygen atoms in total. The summed E-state index contributed by atoms with van der Waals surface area (Å²) in [6.07, 6.45) is 3.65. The van der Waals surface area contributed by atoms with E-state index in [1.54, 1.807) is 12.3 Å². The summed E-state index contributed by atoms with van der Waals surface area (Å²) < 4.78 is 0.666. The highest BCUT2D eigenvalue weighted by Crippen LogP contribution is 2.18. The van der Waals surface area contributed by atoms with Gasteiger partial charge in [-0.25, -0.2) is 9.78 Å². The molecule has 112 valence electrons. The number of nitrogens with zero attached hydrogens (tertiary/aromatic N) is 2. The Balaban J connectivity index is 2.41. The van der Waals surface area contributed by atoms with E-state index in [9.17, 15) is 4.79 Å². The number of nitrogens with one attached hydrogen (secondary N) is 1. The van der Waals surface area contributed by atoms with Gasteiger partial charge in [-0.15, -0.1) is 0 Å². The number of hydrogen-bond acceptors (Lipinski definition) is 4. The smallest absolute Gasteiger partial charge is 0.339 e. The number of carbonyl (C=O) groups is 1. The Kier molecular flexibility index (Phi) is 6.95. The highest BCUT2D eigenvalue weighted by atomic mass is 79.9. The lowest BCUT2D eigenvalue weighted by Crippen LogP contribution is -2.27. The maximum atomic E-state index is 11.1. The minimum Gasteiger partial charge on any atom is -0.478 e. The van der Waals surface area contributed by atoms with Crippen LogP contribution in [0.3, 0.4) is 0 Å². The molecule has 0 radical (unpaired) electrons. The number of hydrogen-bond donors (Lipinski definition) is 2. The molecule has 0 unspecified atom stereocenters. The molecule has 0 saturated carbocycles. The summed E-state index contributed by atoms with van der Waals surface area (Å²) in [5.74, 6) is -0.543. The summed E-state index contributed by atoms with van der Waals surface area (Å²) in [7, 11) is 2.11. The van der Waals surface area contributed by atoms with Gasteiger partial charge in [-0.2, -0.15) is 0 Å². The molecule has 1 rings (SSSR count). The van der Waals surface area contributed by atoms with Crippen LogP contribution in [0.15, 0.2) is 16.7 Å². The van der Waals surface area contributed by atoms with Gasteiger partial charge in [0.25, 0.3) is 0 Å². The third-order valence-corrected chi connectivity index (χ3v) is 3.63. The van der Waals surface area contributed by atoms with Crippen molar-refractivity contribution < 1.29 is 9.90 Å². The molecule has 0 aliphatic heterocycles. The van der Waals surface area contributed by atoms with E-state index in [-0.39, 0.29) is 5.56 Å². The third kappa shape index (κ3) is 5.46. The Labute approximate surface area is 128 Å². The van der Waals surface area contributed by atoms with E-state index < -0.39 is 5.97 Å². The second kappa shape index (κ2) is 8.21. The maximum Gasteiger partial charge on any atom is 0.339 e. The van der Waals surface area contributed by atoms with Gasteiger partial charge in [0.05, 0.1) is 0 Å². The molecular weight excluding hydrogens is 322 g/mol. The largest absolute Gasteiger partial charge is 0.478 e. The zero-order chi connectivity index (χ0) is 15.1. The van der Waals surface area contributed by atoms with Gasteiger partial charge in [-0.1, -0.05) is 0 Å². The molecule has 0 aliphatic carbocycles. The molecule has 0 saturated heterocycles. The van der Waals surface area contributed by atoms with Crippen LogP contribution in [0.1, 0.15) is 37.0 Å². The van der Waals surface area contributed by atoms with Crippen LogP contribution in [-0.4, -0.2) is 47.1 Å². The monoisotopic (exact) mass is 343 g/mol. The normalized spacial score (nSPS) is 11.1. The van der Waals surface area contributed by atoms with Gasteiger partial charge in [0.2, 0.25) is 0 Å². The Morgan fingerprint density at radius 1 is 1.50 bits per heavy atom. The molecule has 6 heteroatoms. The zero-order valence-electron chi connectivity index (χ0n) is 12.2. The summed E-state index contributed by atoms with van der Waals surface area (Å²) in [5.41, 5.74) is 0.193. The summed E-state index contributed by atoms with van der Waals surface area (Å²) in [5, 5.41) is 12.2. The van der Waals surface area contributed by atoms with Crippen molar-refractivity contribution in [1.82, 2.24) is 9.88 Å². The number of carboxylic acids is 1. The van der Waals surface area contributed by atoms with E-state index in [1.165, 1.54) is 0 Å². The predicted octanol–water partition coefficient (Wildman–Crippen LogP) is 3.07. The molecule has 0 amide bonds. The number of pyridine rings is 1. The van der Waals surface area contributed by atoms with Gasteiger partial charge in [0, 0.05) is 23.3 Å². The van der Waals surface area contributed by atoms with Crippen LogP contribution in [0.25, 0.3) is 0 Å². The topological polar surface area (TPSA) is 65.5 Å². The van der Waals surface area contributed by atoms with E-state index >= 15 is 0 Å². The van der Waals surface area contributed by atoms with Crippen LogP contribution < -0.4 is 5.32 Å². The van der Waals surface area contributed by atoms with Crippen molar-refractivity contribution in [2.75, 3.05) is 25.5 Å². The number of halogens is 1. The SMILES string of the molecule is CC(C)N(C)CCCCNc1ncc(Br)cc1C(=O)O. The molecule has 0 aliphatic rings. The Hall–Kier alpha value is -1.14. The number of aromatic carboxylic acids is 1. The summed E-state index contributed by atoms with van der Waals surface area (Å²) in [4.78, 5) is 17.5. The third-order valence-electron chi connectivity index (χ3n) is 3.20. The number of anilines is 1. The van der Waals surface area contributed by atoms with Crippen molar-refractivity contribution in [2.45, 2.75) is 32.7 Å². The van der Waals surface area contributed by atoms with Crippen molar-refractivity contribution in [1.29, 1.82) is 0 Å². The Morgan fingerprint density at radius 3 is 2.80 bits per heavy atom. The van der Waals surface area contributed by atoms with Crippen LogP contribution >= 0.6 is 15.9 Å². The Bertz CT molecular complexity index is 452. The van der Waals surface area contributed by atoms with Crippen LogP contribution in [-0.2, 0) is 0 Å². The van der Waals surface area contributed by atoms with Crippen molar-refractivity contribution in [2.24, 2.45) is 0 Å². The van der Waals surface area contributed by atoms with E-state index in [4.69, 9.17) is 5.11 Å². The van der Waals surface area contributed by atoms with Gasteiger partial charge in [-0.05, 0) is 62.3 Å². The first-order chi connectivity index (χ1) is 9.41. The lowest BCUT2D eigenvalue weighted by Gasteiger charge is -2.20. The summed E-state index contributed by atoms with van der Waals surface area (Å²) in [6, 6.07) is 2.11. The lowest BCUT2D eigenvalue weighted by molar-refractivity contribution is 0.0697. The maximum absolute atomic E-state index is 11.1. The average Bonchev–Trinajstić information content (AvgIpc) is 2.39. The molecule has 0 fully saturated rings. The number of unbranched alkanes of at least 4 members (excludes halogenated alkanes) is 1. The zero-order valence-corrected chi connectivity index (χ0v) is 13.8. The number of carboxylic acid groups (broad SMARTS) is 1. The van der Waals surface area contributed by atoms with Gasteiger partial charge in [0.15, 0.2) is 0 Å². The van der Waals surface area contributed by atoms with Crippen molar-refractivity contribution >= 4 is 27.7 Å². The predicted molar refractivity (Wildman–Crippen MR) is 84.4 cm³/mol. The van der Waals surface area contributed by atoms with Crippen molar-refractivity contribution in [3.63, 3.8) is 0 Å². The van der Waals surface area contributed by atoms with E-state index in [0.717, 1.165) is 25.9 Å². The van der Waals surface area contributed by atoms with Crippen LogP contribution in [0, 0.1) is 0 Å². The van der Waals surface area contributed by atoms with Crippen LogP contribution in [0.5, 0.6) is 0 Å². The summed E-state index contributed by atoms with van der Waals surface area (Å²) in [6.45, 7) is 6.10. The van der Waals surface area contributed by atoms with Crippen LogP contribution in [0.2, 0.25) is 0 Å².